The van der Waals surface area contributed by atoms with Crippen molar-refractivity contribution in [1.82, 2.24) is 19.6 Å². The summed E-state index contributed by atoms with van der Waals surface area (Å²) in [6, 6.07) is 19.1. The number of halogens is 1. The van der Waals surface area contributed by atoms with E-state index in [1.54, 1.807) is 36.7 Å². The molecule has 0 aliphatic rings. The minimum Gasteiger partial charge on any atom is -0.463 e. The van der Waals surface area contributed by atoms with Crippen LogP contribution in [0.3, 0.4) is 0 Å². The fraction of sp³-hybridized carbons (Fsp3) is 0.0952. The summed E-state index contributed by atoms with van der Waals surface area (Å²) in [4.78, 5) is 0.143. The third kappa shape index (κ3) is 5.65. The molecule has 0 aliphatic carbocycles. The van der Waals surface area contributed by atoms with Gasteiger partial charge in [0.25, 0.3) is 0 Å². The Bertz CT molecular complexity index is 1270. The van der Waals surface area contributed by atoms with E-state index in [4.69, 9.17) is 16.0 Å². The Labute approximate surface area is 194 Å². The maximum Gasteiger partial charge on any atom is 0.240 e. The molecule has 164 valence electrons. The standard InChI is InChI=1S/C21H18ClN5O3S2/c22-17-8-10-19(11-9-17)32(28,29)25-14-20(16-5-2-1-3-6-16)31-21-26-23-15-27(21)24-13-18-7-4-12-30-18/h1-13,15,20,25H,14H2/b24-13-/t20-/m1/s1. The maximum absolute atomic E-state index is 12.8. The highest BCUT2D eigenvalue weighted by Gasteiger charge is 2.21. The molecule has 2 heterocycles. The summed E-state index contributed by atoms with van der Waals surface area (Å²) in [6.45, 7) is 0.133. The summed E-state index contributed by atoms with van der Waals surface area (Å²) in [5, 5.41) is 13.1. The lowest BCUT2D eigenvalue weighted by Crippen LogP contribution is -2.27. The summed E-state index contributed by atoms with van der Waals surface area (Å²) in [7, 11) is -3.72. The monoisotopic (exact) mass is 487 g/mol. The molecule has 0 spiro atoms. The van der Waals surface area contributed by atoms with Crippen molar-refractivity contribution >= 4 is 39.6 Å². The van der Waals surface area contributed by atoms with Crippen molar-refractivity contribution in [2.75, 3.05) is 6.54 Å². The van der Waals surface area contributed by atoms with Crippen LogP contribution in [0.5, 0.6) is 0 Å². The summed E-state index contributed by atoms with van der Waals surface area (Å²) in [5.74, 6) is 0.588. The first kappa shape index (κ1) is 22.3. The lowest BCUT2D eigenvalue weighted by molar-refractivity contribution is 0.559. The number of aromatic nitrogens is 3. The summed E-state index contributed by atoms with van der Waals surface area (Å²) < 4.78 is 34.9. The largest absolute Gasteiger partial charge is 0.463 e. The van der Waals surface area contributed by atoms with Gasteiger partial charge < -0.3 is 4.42 Å². The number of furan rings is 1. The molecule has 0 bridgehead atoms. The van der Waals surface area contributed by atoms with E-state index in [1.807, 2.05) is 30.3 Å². The van der Waals surface area contributed by atoms with Crippen molar-refractivity contribution in [3.8, 4) is 0 Å². The molecular formula is C21H18ClN5O3S2. The Morgan fingerprint density at radius 1 is 1.12 bits per heavy atom. The second-order valence-corrected chi connectivity index (χ2v) is 9.91. The van der Waals surface area contributed by atoms with E-state index in [-0.39, 0.29) is 16.7 Å². The van der Waals surface area contributed by atoms with Crippen molar-refractivity contribution in [2.45, 2.75) is 15.3 Å². The van der Waals surface area contributed by atoms with Gasteiger partial charge in [0.2, 0.25) is 15.2 Å². The van der Waals surface area contributed by atoms with E-state index < -0.39 is 10.0 Å². The predicted octanol–water partition coefficient (Wildman–Crippen LogP) is 4.22. The molecule has 0 radical (unpaired) electrons. The number of hydrogen-bond donors (Lipinski definition) is 1. The van der Waals surface area contributed by atoms with Crippen LogP contribution in [0.2, 0.25) is 5.02 Å². The molecule has 4 aromatic rings. The molecule has 2 aromatic heterocycles. The maximum atomic E-state index is 12.8. The van der Waals surface area contributed by atoms with Gasteiger partial charge in [-0.2, -0.15) is 9.78 Å². The van der Waals surface area contributed by atoms with Crippen molar-refractivity contribution < 1.29 is 12.8 Å². The third-order valence-corrected chi connectivity index (χ3v) is 7.25. The van der Waals surface area contributed by atoms with Crippen LogP contribution in [0.1, 0.15) is 16.6 Å². The highest BCUT2D eigenvalue weighted by atomic mass is 35.5. The Kier molecular flexibility index (Phi) is 7.05. The summed E-state index contributed by atoms with van der Waals surface area (Å²) >= 11 is 7.22. The quantitative estimate of drug-likeness (QED) is 0.280. The first-order valence-electron chi connectivity index (χ1n) is 9.46. The zero-order chi connectivity index (χ0) is 22.4. The molecule has 0 saturated heterocycles. The summed E-state index contributed by atoms with van der Waals surface area (Å²) in [6.07, 6.45) is 4.58. The van der Waals surface area contributed by atoms with Gasteiger partial charge in [-0.15, -0.1) is 10.2 Å². The smallest absolute Gasteiger partial charge is 0.240 e. The average molecular weight is 488 g/mol. The van der Waals surface area contributed by atoms with Crippen LogP contribution < -0.4 is 4.72 Å². The second kappa shape index (κ2) is 10.1. The Balaban J connectivity index is 1.54. The zero-order valence-electron chi connectivity index (χ0n) is 16.6. The van der Waals surface area contributed by atoms with E-state index in [9.17, 15) is 8.42 Å². The molecule has 11 heteroatoms. The number of nitrogens with one attached hydrogen (secondary N) is 1. The number of benzene rings is 2. The molecule has 0 amide bonds. The molecule has 32 heavy (non-hydrogen) atoms. The second-order valence-electron chi connectivity index (χ2n) is 6.54. The predicted molar refractivity (Wildman–Crippen MR) is 123 cm³/mol. The number of hydrogen-bond acceptors (Lipinski definition) is 7. The van der Waals surface area contributed by atoms with Crippen LogP contribution in [0, 0.1) is 0 Å². The third-order valence-electron chi connectivity index (χ3n) is 4.35. The van der Waals surface area contributed by atoms with E-state index >= 15 is 0 Å². The van der Waals surface area contributed by atoms with Gasteiger partial charge in [-0.05, 0) is 42.0 Å². The van der Waals surface area contributed by atoms with E-state index in [1.165, 1.54) is 34.9 Å². The first-order chi connectivity index (χ1) is 15.5. The van der Waals surface area contributed by atoms with Crippen molar-refractivity contribution in [3.05, 3.63) is 95.7 Å². The Morgan fingerprint density at radius 3 is 2.62 bits per heavy atom. The highest BCUT2D eigenvalue weighted by molar-refractivity contribution is 7.99. The van der Waals surface area contributed by atoms with E-state index in [0.717, 1.165) is 5.56 Å². The van der Waals surface area contributed by atoms with Gasteiger partial charge in [0, 0.05) is 11.6 Å². The van der Waals surface area contributed by atoms with Gasteiger partial charge in [0.1, 0.15) is 12.1 Å². The molecule has 0 aliphatic heterocycles. The number of rotatable bonds is 9. The minimum absolute atomic E-state index is 0.133. The van der Waals surface area contributed by atoms with Crippen LogP contribution in [0.4, 0.5) is 0 Å². The molecule has 0 fully saturated rings. The SMILES string of the molecule is O=S(=O)(NC[C@@H](Sc1nncn1/N=C\c1ccco1)c1ccccc1)c1ccc(Cl)cc1. The molecule has 2 aromatic carbocycles. The van der Waals surface area contributed by atoms with Gasteiger partial charge in [0.05, 0.1) is 22.6 Å². The molecule has 4 rings (SSSR count). The van der Waals surface area contributed by atoms with Crippen LogP contribution in [-0.4, -0.2) is 36.1 Å². The van der Waals surface area contributed by atoms with Crippen molar-refractivity contribution in [1.29, 1.82) is 0 Å². The van der Waals surface area contributed by atoms with Gasteiger partial charge in [-0.3, -0.25) is 0 Å². The summed E-state index contributed by atoms with van der Waals surface area (Å²) in [5.41, 5.74) is 0.931. The number of sulfonamides is 1. The fourth-order valence-electron chi connectivity index (χ4n) is 2.76. The average Bonchev–Trinajstić information content (AvgIpc) is 3.48. The highest BCUT2D eigenvalue weighted by Crippen LogP contribution is 2.34. The Morgan fingerprint density at radius 2 is 1.91 bits per heavy atom. The zero-order valence-corrected chi connectivity index (χ0v) is 19.0. The van der Waals surface area contributed by atoms with E-state index in [2.05, 4.69) is 20.0 Å². The first-order valence-corrected chi connectivity index (χ1v) is 12.2. The van der Waals surface area contributed by atoms with Gasteiger partial charge in [-0.1, -0.05) is 53.7 Å². The molecule has 0 saturated carbocycles. The van der Waals surface area contributed by atoms with Crippen molar-refractivity contribution in [3.63, 3.8) is 0 Å². The van der Waals surface area contributed by atoms with Crippen LogP contribution >= 0.6 is 23.4 Å². The molecular weight excluding hydrogens is 470 g/mol. The number of thioether (sulfide) groups is 1. The normalized spacial score (nSPS) is 12.9. The molecule has 1 atom stereocenters. The lowest BCUT2D eigenvalue weighted by atomic mass is 10.1. The van der Waals surface area contributed by atoms with Crippen LogP contribution in [-0.2, 0) is 10.0 Å². The van der Waals surface area contributed by atoms with Gasteiger partial charge in [-0.25, -0.2) is 13.1 Å². The van der Waals surface area contributed by atoms with Gasteiger partial charge in [0.15, 0.2) is 0 Å². The Hall–Kier alpha value is -2.92. The molecule has 1 N–H and O–H groups in total. The fourth-order valence-corrected chi connectivity index (χ4v) is 5.05. The van der Waals surface area contributed by atoms with Crippen molar-refractivity contribution in [2.24, 2.45) is 5.10 Å². The number of nitrogens with zero attached hydrogens (tertiary/aromatic N) is 4. The van der Waals surface area contributed by atoms with Crippen LogP contribution in [0.15, 0.2) is 98.9 Å². The lowest BCUT2D eigenvalue weighted by Gasteiger charge is -2.17. The minimum atomic E-state index is -3.72. The molecule has 0 unspecified atom stereocenters. The van der Waals surface area contributed by atoms with Crippen LogP contribution in [0.25, 0.3) is 0 Å². The topological polar surface area (TPSA) is 102 Å². The van der Waals surface area contributed by atoms with E-state index in [0.29, 0.717) is 15.9 Å². The molecule has 8 nitrogen and oxygen atoms in total. The van der Waals surface area contributed by atoms with Gasteiger partial charge >= 0.3 is 0 Å².